The minimum Gasteiger partial charge on any atom is -0.207 e. The van der Waals surface area contributed by atoms with Gasteiger partial charge in [0.15, 0.2) is 0 Å². The third kappa shape index (κ3) is 1.49. The minimum atomic E-state index is -0.254. The zero-order valence-corrected chi connectivity index (χ0v) is 10.0. The van der Waals surface area contributed by atoms with Gasteiger partial charge in [-0.05, 0) is 24.1 Å². The smallest absolute Gasteiger partial charge is 0.134 e. The fourth-order valence-electron chi connectivity index (χ4n) is 2.54. The van der Waals surface area contributed by atoms with E-state index in [9.17, 15) is 8.78 Å². The topological polar surface area (TPSA) is 0 Å². The molecular formula is C16H12F2. The Labute approximate surface area is 105 Å². The lowest BCUT2D eigenvalue weighted by molar-refractivity contribution is 0.603. The Morgan fingerprint density at radius 3 is 2.56 bits per heavy atom. The van der Waals surface area contributed by atoms with Gasteiger partial charge in [-0.2, -0.15) is 0 Å². The van der Waals surface area contributed by atoms with Crippen molar-refractivity contribution >= 4 is 6.08 Å². The summed E-state index contributed by atoms with van der Waals surface area (Å²) in [7, 11) is 0. The van der Waals surface area contributed by atoms with E-state index in [4.69, 9.17) is 0 Å². The molecule has 1 aliphatic rings. The van der Waals surface area contributed by atoms with Crippen LogP contribution in [0.4, 0.5) is 8.78 Å². The second-order valence-electron chi connectivity index (χ2n) is 4.44. The van der Waals surface area contributed by atoms with Crippen LogP contribution in [0.15, 0.2) is 36.4 Å². The summed E-state index contributed by atoms with van der Waals surface area (Å²) in [6.07, 6.45) is 3.87. The van der Waals surface area contributed by atoms with E-state index in [2.05, 4.69) is 0 Å². The molecule has 0 nitrogen and oxygen atoms in total. The van der Waals surface area contributed by atoms with Crippen LogP contribution in [0.2, 0.25) is 0 Å². The standard InChI is InChI=1S/C16H12F2/c1-2-4-10-7-8-12-11-5-3-6-15(17)13(11)9-14(12)16(10)18/h2-8H,9H2,1H3/b4-2-. The maximum Gasteiger partial charge on any atom is 0.134 e. The highest BCUT2D eigenvalue weighted by Gasteiger charge is 2.24. The van der Waals surface area contributed by atoms with Crippen LogP contribution in [0.5, 0.6) is 0 Å². The second-order valence-corrected chi connectivity index (χ2v) is 4.44. The zero-order chi connectivity index (χ0) is 12.7. The number of fused-ring (bicyclic) bond motifs is 3. The third-order valence-electron chi connectivity index (χ3n) is 3.38. The van der Waals surface area contributed by atoms with E-state index in [1.54, 1.807) is 24.3 Å². The Balaban J connectivity index is 2.23. The summed E-state index contributed by atoms with van der Waals surface area (Å²) in [6, 6.07) is 8.56. The Morgan fingerprint density at radius 2 is 1.78 bits per heavy atom. The monoisotopic (exact) mass is 242 g/mol. The SMILES string of the molecule is C/C=C\c1ccc2c(c1F)Cc1c(F)cccc1-2. The molecule has 0 unspecified atom stereocenters. The first-order chi connectivity index (χ1) is 8.72. The average molecular weight is 242 g/mol. The lowest BCUT2D eigenvalue weighted by Crippen LogP contribution is -1.92. The molecule has 2 heteroatoms. The molecule has 0 atom stereocenters. The first kappa shape index (κ1) is 11.1. The molecule has 0 fully saturated rings. The highest BCUT2D eigenvalue weighted by atomic mass is 19.1. The number of allylic oxidation sites excluding steroid dienone is 1. The fourth-order valence-corrected chi connectivity index (χ4v) is 2.54. The quantitative estimate of drug-likeness (QED) is 0.586. The largest absolute Gasteiger partial charge is 0.207 e. The van der Waals surface area contributed by atoms with Crippen LogP contribution in [0.1, 0.15) is 23.6 Å². The molecule has 0 saturated carbocycles. The molecule has 2 aromatic carbocycles. The van der Waals surface area contributed by atoms with Crippen LogP contribution < -0.4 is 0 Å². The van der Waals surface area contributed by atoms with Gasteiger partial charge in [0.1, 0.15) is 11.6 Å². The van der Waals surface area contributed by atoms with E-state index in [0.717, 1.165) is 11.1 Å². The van der Waals surface area contributed by atoms with Gasteiger partial charge < -0.3 is 0 Å². The van der Waals surface area contributed by atoms with Crippen molar-refractivity contribution in [2.75, 3.05) is 0 Å². The average Bonchev–Trinajstić information content (AvgIpc) is 2.74. The molecular weight excluding hydrogens is 230 g/mol. The zero-order valence-electron chi connectivity index (χ0n) is 10.0. The fraction of sp³-hybridized carbons (Fsp3) is 0.125. The van der Waals surface area contributed by atoms with Gasteiger partial charge in [-0.15, -0.1) is 0 Å². The van der Waals surface area contributed by atoms with Crippen LogP contribution >= 0.6 is 0 Å². The predicted octanol–water partition coefficient (Wildman–Crippen LogP) is 4.57. The highest BCUT2D eigenvalue weighted by molar-refractivity contribution is 5.78. The maximum absolute atomic E-state index is 14.3. The highest BCUT2D eigenvalue weighted by Crippen LogP contribution is 2.39. The Bertz CT molecular complexity index is 654. The van der Waals surface area contributed by atoms with Crippen molar-refractivity contribution in [1.82, 2.24) is 0 Å². The van der Waals surface area contributed by atoms with Crippen molar-refractivity contribution < 1.29 is 8.78 Å². The van der Waals surface area contributed by atoms with E-state index < -0.39 is 0 Å². The van der Waals surface area contributed by atoms with Crippen molar-refractivity contribution in [1.29, 1.82) is 0 Å². The van der Waals surface area contributed by atoms with Gasteiger partial charge in [-0.25, -0.2) is 8.78 Å². The summed E-state index contributed by atoms with van der Waals surface area (Å²) in [4.78, 5) is 0. The van der Waals surface area contributed by atoms with E-state index in [1.807, 2.05) is 19.1 Å². The second kappa shape index (κ2) is 4.05. The van der Waals surface area contributed by atoms with Crippen molar-refractivity contribution in [2.24, 2.45) is 0 Å². The van der Waals surface area contributed by atoms with Gasteiger partial charge in [0.25, 0.3) is 0 Å². The molecule has 0 heterocycles. The van der Waals surface area contributed by atoms with Gasteiger partial charge in [-0.3, -0.25) is 0 Å². The molecule has 1 aliphatic carbocycles. The van der Waals surface area contributed by atoms with E-state index in [0.29, 0.717) is 23.1 Å². The minimum absolute atomic E-state index is 0.235. The van der Waals surface area contributed by atoms with Crippen molar-refractivity contribution in [3.63, 3.8) is 0 Å². The molecule has 0 radical (unpaired) electrons. The summed E-state index contributed by atoms with van der Waals surface area (Å²) in [5.41, 5.74) is 3.39. The van der Waals surface area contributed by atoms with Crippen LogP contribution in [0.25, 0.3) is 17.2 Å². The molecule has 0 saturated heterocycles. The number of hydrogen-bond acceptors (Lipinski definition) is 0. The number of hydrogen-bond donors (Lipinski definition) is 0. The molecule has 3 rings (SSSR count). The lowest BCUT2D eigenvalue weighted by atomic mass is 10.0. The van der Waals surface area contributed by atoms with Gasteiger partial charge in [-0.1, -0.05) is 36.4 Å². The Morgan fingerprint density at radius 1 is 1.00 bits per heavy atom. The molecule has 2 aromatic rings. The number of rotatable bonds is 1. The molecule has 0 amide bonds. The molecule has 18 heavy (non-hydrogen) atoms. The van der Waals surface area contributed by atoms with Crippen LogP contribution in [0.3, 0.4) is 0 Å². The molecule has 0 aliphatic heterocycles. The molecule has 0 spiro atoms. The molecule has 0 bridgehead atoms. The van der Waals surface area contributed by atoms with Crippen LogP contribution in [-0.4, -0.2) is 0 Å². The summed E-state index contributed by atoms with van der Waals surface area (Å²) in [6.45, 7) is 1.85. The van der Waals surface area contributed by atoms with E-state index in [-0.39, 0.29) is 11.6 Å². The lowest BCUT2D eigenvalue weighted by Gasteiger charge is -2.04. The third-order valence-corrected chi connectivity index (χ3v) is 3.38. The van der Waals surface area contributed by atoms with Crippen LogP contribution in [0, 0.1) is 11.6 Å². The van der Waals surface area contributed by atoms with Gasteiger partial charge >= 0.3 is 0 Å². The van der Waals surface area contributed by atoms with Crippen molar-refractivity contribution in [3.05, 3.63) is 64.7 Å². The van der Waals surface area contributed by atoms with Crippen molar-refractivity contribution in [2.45, 2.75) is 13.3 Å². The molecule has 0 N–H and O–H groups in total. The van der Waals surface area contributed by atoms with Gasteiger partial charge in [0, 0.05) is 23.1 Å². The molecule has 0 aromatic heterocycles. The number of benzene rings is 2. The predicted molar refractivity (Wildman–Crippen MR) is 69.3 cm³/mol. The van der Waals surface area contributed by atoms with Crippen molar-refractivity contribution in [3.8, 4) is 11.1 Å². The number of halogens is 2. The summed E-state index contributed by atoms with van der Waals surface area (Å²) < 4.78 is 28.0. The summed E-state index contributed by atoms with van der Waals surface area (Å²) >= 11 is 0. The van der Waals surface area contributed by atoms with Gasteiger partial charge in [0.05, 0.1) is 0 Å². The van der Waals surface area contributed by atoms with Crippen LogP contribution in [-0.2, 0) is 6.42 Å². The summed E-state index contributed by atoms with van der Waals surface area (Å²) in [5, 5.41) is 0. The van der Waals surface area contributed by atoms with E-state index >= 15 is 0 Å². The summed E-state index contributed by atoms with van der Waals surface area (Å²) in [5.74, 6) is -0.489. The Kier molecular flexibility index (Phi) is 2.51. The maximum atomic E-state index is 14.3. The Hall–Kier alpha value is -1.96. The van der Waals surface area contributed by atoms with E-state index in [1.165, 1.54) is 6.07 Å². The molecule has 90 valence electrons. The first-order valence-electron chi connectivity index (χ1n) is 5.94. The normalized spacial score (nSPS) is 12.8. The first-order valence-corrected chi connectivity index (χ1v) is 5.94. The van der Waals surface area contributed by atoms with Gasteiger partial charge in [0.2, 0.25) is 0 Å².